The largest absolute Gasteiger partial charge is 0.496 e. The van der Waals surface area contributed by atoms with Gasteiger partial charge in [-0.1, -0.05) is 30.0 Å². The highest BCUT2D eigenvalue weighted by Gasteiger charge is 2.14. The first-order valence-electron chi connectivity index (χ1n) is 6.90. The van der Waals surface area contributed by atoms with Crippen molar-refractivity contribution in [3.8, 4) is 5.75 Å². The second-order valence-electron chi connectivity index (χ2n) is 5.00. The van der Waals surface area contributed by atoms with E-state index in [4.69, 9.17) is 4.74 Å². The first-order valence-corrected chi connectivity index (χ1v) is 9.60. The fourth-order valence-electron chi connectivity index (χ4n) is 2.22. The lowest BCUT2D eigenvalue weighted by Gasteiger charge is -2.12. The van der Waals surface area contributed by atoms with Gasteiger partial charge in [0.25, 0.3) is 0 Å². The van der Waals surface area contributed by atoms with Crippen molar-refractivity contribution in [1.82, 2.24) is 4.98 Å². The first kappa shape index (κ1) is 15.8. The number of hydrogen-bond acceptors (Lipinski definition) is 5. The van der Waals surface area contributed by atoms with Gasteiger partial charge in [-0.25, -0.2) is 13.4 Å². The Morgan fingerprint density at radius 2 is 1.74 bits per heavy atom. The van der Waals surface area contributed by atoms with E-state index in [1.54, 1.807) is 31.0 Å². The third-order valence-corrected chi connectivity index (χ3v) is 5.44. The minimum atomic E-state index is -3.33. The Morgan fingerprint density at radius 3 is 2.39 bits per heavy atom. The molecule has 0 fully saturated rings. The fraction of sp³-hybridized carbons (Fsp3) is 0.118. The summed E-state index contributed by atoms with van der Waals surface area (Å²) in [6.45, 7) is 0. The van der Waals surface area contributed by atoms with Crippen LogP contribution in [0.4, 0.5) is 0 Å². The Balaban J connectivity index is 2.18. The van der Waals surface area contributed by atoms with Crippen LogP contribution in [-0.2, 0) is 9.84 Å². The van der Waals surface area contributed by atoms with Crippen molar-refractivity contribution in [2.45, 2.75) is 14.8 Å². The van der Waals surface area contributed by atoms with Crippen LogP contribution in [0.25, 0.3) is 10.9 Å². The molecule has 0 saturated heterocycles. The van der Waals surface area contributed by atoms with E-state index in [-0.39, 0.29) is 5.03 Å². The highest BCUT2D eigenvalue weighted by atomic mass is 32.2. The van der Waals surface area contributed by atoms with E-state index in [0.717, 1.165) is 27.2 Å². The third-order valence-electron chi connectivity index (χ3n) is 3.32. The summed E-state index contributed by atoms with van der Waals surface area (Å²) in [5.41, 5.74) is 0.632. The second-order valence-corrected chi connectivity index (χ2v) is 8.05. The average molecular weight is 345 g/mol. The summed E-state index contributed by atoms with van der Waals surface area (Å²) in [6, 6.07) is 16.8. The molecule has 23 heavy (non-hydrogen) atoms. The van der Waals surface area contributed by atoms with Gasteiger partial charge in [0.1, 0.15) is 5.75 Å². The lowest BCUT2D eigenvalue weighted by molar-refractivity contribution is 0.406. The number of nitrogens with zero attached hydrogens (tertiary/aromatic N) is 1. The second kappa shape index (κ2) is 6.22. The van der Waals surface area contributed by atoms with Crippen LogP contribution in [0.2, 0.25) is 0 Å². The van der Waals surface area contributed by atoms with E-state index in [0.29, 0.717) is 5.52 Å². The number of ether oxygens (including phenoxy) is 1. The average Bonchev–Trinajstić information content (AvgIpc) is 2.55. The Labute approximate surface area is 139 Å². The maximum absolute atomic E-state index is 11.7. The van der Waals surface area contributed by atoms with Crippen LogP contribution in [0.3, 0.4) is 0 Å². The van der Waals surface area contributed by atoms with Crippen LogP contribution >= 0.6 is 11.8 Å². The van der Waals surface area contributed by atoms with Gasteiger partial charge in [-0.3, -0.25) is 0 Å². The molecule has 0 aliphatic rings. The molecule has 0 atom stereocenters. The lowest BCUT2D eigenvalue weighted by atomic mass is 10.2. The molecule has 3 rings (SSSR count). The maximum Gasteiger partial charge on any atom is 0.192 e. The molecule has 0 aliphatic carbocycles. The molecular formula is C17H15NO3S2. The molecular weight excluding hydrogens is 330 g/mol. The first-order chi connectivity index (χ1) is 11.0. The van der Waals surface area contributed by atoms with Crippen molar-refractivity contribution in [2.75, 3.05) is 13.4 Å². The fourth-order valence-corrected chi connectivity index (χ4v) is 3.86. The van der Waals surface area contributed by atoms with Crippen molar-refractivity contribution in [1.29, 1.82) is 0 Å². The zero-order chi connectivity index (χ0) is 16.4. The zero-order valence-electron chi connectivity index (χ0n) is 12.7. The van der Waals surface area contributed by atoms with Gasteiger partial charge in [0.2, 0.25) is 0 Å². The van der Waals surface area contributed by atoms with Crippen molar-refractivity contribution in [3.05, 3.63) is 54.6 Å². The molecule has 2 aromatic carbocycles. The summed E-state index contributed by atoms with van der Waals surface area (Å²) in [7, 11) is -1.71. The van der Waals surface area contributed by atoms with E-state index in [1.165, 1.54) is 6.07 Å². The number of sulfone groups is 1. The predicted octanol–water partition coefficient (Wildman–Crippen LogP) is 3.80. The van der Waals surface area contributed by atoms with E-state index in [2.05, 4.69) is 4.98 Å². The molecule has 6 heteroatoms. The number of methoxy groups -OCH3 is 1. The van der Waals surface area contributed by atoms with E-state index >= 15 is 0 Å². The summed E-state index contributed by atoms with van der Waals surface area (Å²) < 4.78 is 28.8. The van der Waals surface area contributed by atoms with Crippen LogP contribution in [0.1, 0.15) is 0 Å². The summed E-state index contributed by atoms with van der Waals surface area (Å²) in [4.78, 5) is 6.26. The summed E-state index contributed by atoms with van der Waals surface area (Å²) in [5.74, 6) is 0.736. The molecule has 0 aliphatic heterocycles. The van der Waals surface area contributed by atoms with Gasteiger partial charge in [0.15, 0.2) is 14.9 Å². The van der Waals surface area contributed by atoms with Gasteiger partial charge in [-0.2, -0.15) is 0 Å². The third kappa shape index (κ3) is 3.33. The lowest BCUT2D eigenvalue weighted by Crippen LogP contribution is -2.00. The molecule has 1 heterocycles. The standard InChI is InChI=1S/C17H15NO3S2/c1-21-15-10-9-14-13(8-11-16(18-14)23(2,19)20)17(15)22-12-6-4-3-5-7-12/h3-11H,1-2H3. The van der Waals surface area contributed by atoms with Crippen molar-refractivity contribution >= 4 is 32.5 Å². The number of aromatic nitrogens is 1. The van der Waals surface area contributed by atoms with Crippen LogP contribution in [0, 0.1) is 0 Å². The Bertz CT molecular complexity index is 954. The molecule has 0 amide bonds. The molecule has 0 N–H and O–H groups in total. The Hall–Kier alpha value is -2.05. The minimum Gasteiger partial charge on any atom is -0.496 e. The molecule has 0 unspecified atom stereocenters. The van der Waals surface area contributed by atoms with Crippen LogP contribution in [0.5, 0.6) is 5.75 Å². The van der Waals surface area contributed by atoms with E-state index in [1.807, 2.05) is 36.4 Å². The van der Waals surface area contributed by atoms with Crippen molar-refractivity contribution in [3.63, 3.8) is 0 Å². The number of rotatable bonds is 4. The normalized spacial score (nSPS) is 11.6. The van der Waals surface area contributed by atoms with Gasteiger partial charge in [0.05, 0.1) is 17.5 Å². The van der Waals surface area contributed by atoms with Crippen LogP contribution in [0.15, 0.2) is 69.4 Å². The highest BCUT2D eigenvalue weighted by molar-refractivity contribution is 7.99. The molecule has 0 saturated carbocycles. The molecule has 0 bridgehead atoms. The molecule has 4 nitrogen and oxygen atoms in total. The van der Waals surface area contributed by atoms with Crippen LogP contribution < -0.4 is 4.74 Å². The van der Waals surface area contributed by atoms with Crippen molar-refractivity contribution in [2.24, 2.45) is 0 Å². The maximum atomic E-state index is 11.7. The van der Waals surface area contributed by atoms with Gasteiger partial charge >= 0.3 is 0 Å². The smallest absolute Gasteiger partial charge is 0.192 e. The molecule has 0 radical (unpaired) electrons. The SMILES string of the molecule is COc1ccc2nc(S(C)(=O)=O)ccc2c1Sc1ccccc1. The Kier molecular flexibility index (Phi) is 4.28. The number of pyridine rings is 1. The van der Waals surface area contributed by atoms with Gasteiger partial charge in [-0.15, -0.1) is 0 Å². The molecule has 3 aromatic rings. The zero-order valence-corrected chi connectivity index (χ0v) is 14.3. The highest BCUT2D eigenvalue weighted by Crippen LogP contribution is 2.40. The summed E-state index contributed by atoms with van der Waals surface area (Å²) in [6.07, 6.45) is 1.16. The minimum absolute atomic E-state index is 0.0748. The number of hydrogen-bond donors (Lipinski definition) is 0. The predicted molar refractivity (Wildman–Crippen MR) is 92.0 cm³/mol. The summed E-state index contributed by atoms with van der Waals surface area (Å²) >= 11 is 1.57. The summed E-state index contributed by atoms with van der Waals surface area (Å²) in [5, 5.41) is 0.941. The molecule has 118 valence electrons. The molecule has 1 aromatic heterocycles. The van der Waals surface area contributed by atoms with E-state index in [9.17, 15) is 8.42 Å². The quantitative estimate of drug-likeness (QED) is 0.720. The van der Waals surface area contributed by atoms with Gasteiger partial charge in [0, 0.05) is 16.5 Å². The topological polar surface area (TPSA) is 56.3 Å². The van der Waals surface area contributed by atoms with Gasteiger partial charge < -0.3 is 4.74 Å². The monoisotopic (exact) mass is 345 g/mol. The molecule has 0 spiro atoms. The van der Waals surface area contributed by atoms with Crippen LogP contribution in [-0.4, -0.2) is 26.8 Å². The van der Waals surface area contributed by atoms with Crippen molar-refractivity contribution < 1.29 is 13.2 Å². The van der Waals surface area contributed by atoms with E-state index < -0.39 is 9.84 Å². The Morgan fingerprint density at radius 1 is 1.00 bits per heavy atom. The number of fused-ring (bicyclic) bond motifs is 1. The number of benzene rings is 2. The van der Waals surface area contributed by atoms with Gasteiger partial charge in [-0.05, 0) is 36.4 Å².